The number of aliphatic hydroxyl groups excluding tert-OH is 1. The van der Waals surface area contributed by atoms with Crippen LogP contribution in [0.5, 0.6) is 0 Å². The van der Waals surface area contributed by atoms with Gasteiger partial charge in [-0.05, 0) is 24.6 Å². The van der Waals surface area contributed by atoms with Crippen LogP contribution in [0.3, 0.4) is 0 Å². The lowest BCUT2D eigenvalue weighted by Gasteiger charge is -1.92. The van der Waals surface area contributed by atoms with Gasteiger partial charge < -0.3 is 5.11 Å². The highest BCUT2D eigenvalue weighted by molar-refractivity contribution is 6.30. The Labute approximate surface area is 78.3 Å². The molecule has 0 atom stereocenters. The van der Waals surface area contributed by atoms with Crippen LogP contribution in [0.25, 0.3) is 0 Å². The molecule has 0 saturated heterocycles. The molecule has 1 N–H and O–H groups in total. The first kappa shape index (κ1) is 11.2. The minimum atomic E-state index is 0.0805. The molecule has 0 bridgehead atoms. The van der Waals surface area contributed by atoms with Gasteiger partial charge in [0.1, 0.15) is 0 Å². The van der Waals surface area contributed by atoms with E-state index < -0.39 is 0 Å². The van der Waals surface area contributed by atoms with E-state index in [1.807, 2.05) is 6.92 Å². The number of benzene rings is 1. The molecule has 1 aromatic rings. The largest absolute Gasteiger partial charge is 0.392 e. The highest BCUT2D eigenvalue weighted by Gasteiger charge is 1.87. The highest BCUT2D eigenvalue weighted by Crippen LogP contribution is 2.08. The van der Waals surface area contributed by atoms with Crippen molar-refractivity contribution in [2.45, 2.75) is 13.5 Å². The Hall–Kier alpha value is -0.790. The van der Waals surface area contributed by atoms with E-state index in [9.17, 15) is 0 Å². The van der Waals surface area contributed by atoms with Gasteiger partial charge >= 0.3 is 0 Å². The zero-order valence-corrected chi connectivity index (χ0v) is 7.88. The summed E-state index contributed by atoms with van der Waals surface area (Å²) >= 11 is 5.59. The third-order valence-corrected chi connectivity index (χ3v) is 1.35. The molecule has 1 aromatic carbocycles. The summed E-state index contributed by atoms with van der Waals surface area (Å²) in [5, 5.41) is 9.29. The number of halogens is 1. The van der Waals surface area contributed by atoms with Gasteiger partial charge in [-0.3, -0.25) is 0 Å². The maximum atomic E-state index is 8.59. The van der Waals surface area contributed by atoms with E-state index in [1.54, 1.807) is 30.3 Å². The molecule has 0 saturated carbocycles. The summed E-state index contributed by atoms with van der Waals surface area (Å²) in [6.07, 6.45) is 1.75. The van der Waals surface area contributed by atoms with E-state index in [-0.39, 0.29) is 6.61 Å². The minimum absolute atomic E-state index is 0.0805. The summed E-state index contributed by atoms with van der Waals surface area (Å²) in [4.78, 5) is 0. The molecule has 12 heavy (non-hydrogen) atoms. The van der Waals surface area contributed by atoms with Gasteiger partial charge in [0.15, 0.2) is 0 Å². The summed E-state index contributed by atoms with van der Waals surface area (Å²) in [7, 11) is 0. The first-order valence-corrected chi connectivity index (χ1v) is 4.04. The van der Waals surface area contributed by atoms with E-state index in [0.29, 0.717) is 5.02 Å². The van der Waals surface area contributed by atoms with Gasteiger partial charge in [0, 0.05) is 5.02 Å². The average molecular weight is 185 g/mol. The van der Waals surface area contributed by atoms with Crippen molar-refractivity contribution < 1.29 is 5.11 Å². The van der Waals surface area contributed by atoms with Crippen molar-refractivity contribution in [2.75, 3.05) is 0 Å². The van der Waals surface area contributed by atoms with Gasteiger partial charge in [-0.15, -0.1) is 6.58 Å². The topological polar surface area (TPSA) is 20.2 Å². The predicted octanol–water partition coefficient (Wildman–Crippen LogP) is 3.02. The van der Waals surface area contributed by atoms with Crippen LogP contribution in [-0.2, 0) is 6.61 Å². The fraction of sp³-hybridized carbons (Fsp3) is 0.200. The molecule has 0 amide bonds. The van der Waals surface area contributed by atoms with Gasteiger partial charge in [0.2, 0.25) is 0 Å². The van der Waals surface area contributed by atoms with Crippen molar-refractivity contribution in [1.82, 2.24) is 0 Å². The number of allylic oxidation sites excluding steroid dienone is 1. The third kappa shape index (κ3) is 4.94. The van der Waals surface area contributed by atoms with Crippen LogP contribution in [0.15, 0.2) is 36.9 Å². The van der Waals surface area contributed by atoms with Crippen LogP contribution in [0.1, 0.15) is 12.5 Å². The number of hydrogen-bond donors (Lipinski definition) is 1. The van der Waals surface area contributed by atoms with Crippen LogP contribution in [0.4, 0.5) is 0 Å². The van der Waals surface area contributed by atoms with E-state index in [0.717, 1.165) is 5.56 Å². The molecule has 2 heteroatoms. The van der Waals surface area contributed by atoms with Crippen LogP contribution >= 0.6 is 11.6 Å². The van der Waals surface area contributed by atoms with Crippen molar-refractivity contribution in [3.63, 3.8) is 0 Å². The molecular weight excluding hydrogens is 172 g/mol. The van der Waals surface area contributed by atoms with Crippen molar-refractivity contribution >= 4 is 11.6 Å². The highest BCUT2D eigenvalue weighted by atomic mass is 35.5. The Bertz CT molecular complexity index is 216. The molecule has 1 nitrogen and oxygen atoms in total. The first-order chi connectivity index (χ1) is 5.74. The third-order valence-electron chi connectivity index (χ3n) is 1.10. The standard InChI is InChI=1S/C7H7ClO.C3H6/c8-7-3-1-6(5-9)2-4-7;1-3-2/h1-4,9H,5H2;3H,1H2,2H3. The molecule has 0 aromatic heterocycles. The Morgan fingerprint density at radius 1 is 1.42 bits per heavy atom. The lowest BCUT2D eigenvalue weighted by Crippen LogP contribution is -1.79. The monoisotopic (exact) mass is 184 g/mol. The fourth-order valence-electron chi connectivity index (χ4n) is 0.590. The smallest absolute Gasteiger partial charge is 0.0681 e. The normalized spacial score (nSPS) is 8.25. The molecule has 0 heterocycles. The van der Waals surface area contributed by atoms with E-state index in [4.69, 9.17) is 16.7 Å². The van der Waals surface area contributed by atoms with Gasteiger partial charge in [-0.2, -0.15) is 0 Å². The van der Waals surface area contributed by atoms with Crippen LogP contribution in [0, 0.1) is 0 Å². The molecule has 0 aliphatic heterocycles. The SMILES string of the molecule is C=CC.OCc1ccc(Cl)cc1. The Morgan fingerprint density at radius 3 is 2.17 bits per heavy atom. The van der Waals surface area contributed by atoms with Crippen molar-refractivity contribution in [3.05, 3.63) is 47.5 Å². The van der Waals surface area contributed by atoms with Crippen molar-refractivity contribution in [1.29, 1.82) is 0 Å². The summed E-state index contributed by atoms with van der Waals surface area (Å²) in [5.74, 6) is 0. The van der Waals surface area contributed by atoms with Crippen molar-refractivity contribution in [3.8, 4) is 0 Å². The Balaban J connectivity index is 0.000000354. The molecular formula is C10H13ClO. The number of rotatable bonds is 1. The quantitative estimate of drug-likeness (QED) is 0.666. The van der Waals surface area contributed by atoms with E-state index in [1.165, 1.54) is 0 Å². The molecule has 0 aliphatic rings. The lowest BCUT2D eigenvalue weighted by atomic mass is 10.2. The Kier molecular flexibility index (Phi) is 6.44. The number of aliphatic hydroxyl groups is 1. The summed E-state index contributed by atoms with van der Waals surface area (Å²) in [5.41, 5.74) is 0.888. The zero-order valence-electron chi connectivity index (χ0n) is 7.13. The molecule has 66 valence electrons. The first-order valence-electron chi connectivity index (χ1n) is 3.67. The van der Waals surface area contributed by atoms with Gasteiger partial charge in [-0.1, -0.05) is 29.8 Å². The predicted molar refractivity (Wildman–Crippen MR) is 53.2 cm³/mol. The Morgan fingerprint density at radius 2 is 1.83 bits per heavy atom. The summed E-state index contributed by atoms with van der Waals surface area (Å²) < 4.78 is 0. The van der Waals surface area contributed by atoms with Crippen LogP contribution < -0.4 is 0 Å². The van der Waals surface area contributed by atoms with Crippen molar-refractivity contribution in [2.24, 2.45) is 0 Å². The van der Waals surface area contributed by atoms with Crippen LogP contribution in [-0.4, -0.2) is 5.11 Å². The van der Waals surface area contributed by atoms with Gasteiger partial charge in [-0.25, -0.2) is 0 Å². The zero-order chi connectivity index (χ0) is 9.40. The van der Waals surface area contributed by atoms with E-state index >= 15 is 0 Å². The van der Waals surface area contributed by atoms with Gasteiger partial charge in [0.05, 0.1) is 6.61 Å². The molecule has 0 spiro atoms. The summed E-state index contributed by atoms with van der Waals surface area (Å²) in [6.45, 7) is 5.33. The van der Waals surface area contributed by atoms with Gasteiger partial charge in [0.25, 0.3) is 0 Å². The minimum Gasteiger partial charge on any atom is -0.392 e. The molecule has 0 unspecified atom stereocenters. The van der Waals surface area contributed by atoms with Crippen LogP contribution in [0.2, 0.25) is 5.02 Å². The molecule has 0 aliphatic carbocycles. The average Bonchev–Trinajstić information content (AvgIpc) is 2.07. The van der Waals surface area contributed by atoms with E-state index in [2.05, 4.69) is 6.58 Å². The maximum absolute atomic E-state index is 8.59. The lowest BCUT2D eigenvalue weighted by molar-refractivity contribution is 0.282. The second-order valence-electron chi connectivity index (χ2n) is 2.19. The molecule has 0 fully saturated rings. The maximum Gasteiger partial charge on any atom is 0.0681 e. The second-order valence-corrected chi connectivity index (χ2v) is 2.63. The second kappa shape index (κ2) is 6.89. The molecule has 1 rings (SSSR count). The summed E-state index contributed by atoms with van der Waals surface area (Å²) in [6, 6.07) is 7.10. The number of hydrogen-bond acceptors (Lipinski definition) is 1. The molecule has 0 radical (unpaired) electrons. The fourth-order valence-corrected chi connectivity index (χ4v) is 0.716.